The van der Waals surface area contributed by atoms with Crippen molar-refractivity contribution in [3.8, 4) is 11.5 Å². The summed E-state index contributed by atoms with van der Waals surface area (Å²) in [6, 6.07) is 4.12. The molecule has 2 aliphatic rings. The van der Waals surface area contributed by atoms with Gasteiger partial charge in [0, 0.05) is 11.0 Å². The molecule has 2 aliphatic heterocycles. The number of ether oxygens (including phenoxy) is 2. The topological polar surface area (TPSA) is 21.7 Å². The maximum atomic E-state index is 5.41. The molecular formula is C13H16BrNO2. The third-order valence-corrected chi connectivity index (χ3v) is 4.18. The van der Waals surface area contributed by atoms with E-state index in [2.05, 4.69) is 26.9 Å². The van der Waals surface area contributed by atoms with Crippen molar-refractivity contribution in [2.24, 2.45) is 0 Å². The van der Waals surface area contributed by atoms with Crippen LogP contribution in [0.15, 0.2) is 16.6 Å². The first-order chi connectivity index (χ1) is 8.33. The van der Waals surface area contributed by atoms with Crippen molar-refractivity contribution in [2.45, 2.75) is 19.3 Å². The predicted molar refractivity (Wildman–Crippen MR) is 69.6 cm³/mol. The van der Waals surface area contributed by atoms with Crippen LogP contribution >= 0.6 is 15.9 Å². The molecule has 4 heteroatoms. The van der Waals surface area contributed by atoms with Gasteiger partial charge in [0.1, 0.15) is 0 Å². The molecule has 3 rings (SSSR count). The maximum Gasteiger partial charge on any atom is 0.231 e. The quantitative estimate of drug-likeness (QED) is 0.856. The summed E-state index contributed by atoms with van der Waals surface area (Å²) < 4.78 is 11.9. The lowest BCUT2D eigenvalue weighted by Crippen LogP contribution is -2.22. The fourth-order valence-electron chi connectivity index (χ4n) is 2.44. The van der Waals surface area contributed by atoms with Gasteiger partial charge in [0.25, 0.3) is 0 Å². The Labute approximate surface area is 110 Å². The summed E-state index contributed by atoms with van der Waals surface area (Å²) in [6.45, 7) is 3.99. The molecule has 0 aliphatic carbocycles. The third kappa shape index (κ3) is 2.43. The van der Waals surface area contributed by atoms with Gasteiger partial charge in [-0.15, -0.1) is 0 Å². The highest BCUT2D eigenvalue weighted by Crippen LogP contribution is 2.37. The first-order valence-electron chi connectivity index (χ1n) is 6.13. The average Bonchev–Trinajstić information content (AvgIpc) is 2.95. The molecule has 1 aromatic carbocycles. The van der Waals surface area contributed by atoms with E-state index in [-0.39, 0.29) is 0 Å². The van der Waals surface area contributed by atoms with Gasteiger partial charge in [-0.2, -0.15) is 0 Å². The molecule has 0 bridgehead atoms. The highest BCUT2D eigenvalue weighted by atomic mass is 79.9. The standard InChI is InChI=1S/C13H16BrNO2/c14-11-8-13-12(16-9-17-13)7-10(11)3-6-15-4-1-2-5-15/h7-8H,1-6,9H2. The van der Waals surface area contributed by atoms with Gasteiger partial charge >= 0.3 is 0 Å². The van der Waals surface area contributed by atoms with E-state index in [0.717, 1.165) is 28.9 Å². The van der Waals surface area contributed by atoms with Crippen molar-refractivity contribution in [3.63, 3.8) is 0 Å². The van der Waals surface area contributed by atoms with Gasteiger partial charge in [-0.05, 0) is 50.0 Å². The van der Waals surface area contributed by atoms with Crippen LogP contribution in [0.4, 0.5) is 0 Å². The van der Waals surface area contributed by atoms with Crippen molar-refractivity contribution in [1.82, 2.24) is 4.90 Å². The highest BCUT2D eigenvalue weighted by Gasteiger charge is 2.17. The first kappa shape index (κ1) is 11.4. The van der Waals surface area contributed by atoms with E-state index in [4.69, 9.17) is 9.47 Å². The Morgan fingerprint density at radius 1 is 1.12 bits per heavy atom. The maximum absolute atomic E-state index is 5.41. The highest BCUT2D eigenvalue weighted by molar-refractivity contribution is 9.10. The molecule has 0 saturated carbocycles. The number of rotatable bonds is 3. The van der Waals surface area contributed by atoms with Gasteiger partial charge in [0.2, 0.25) is 6.79 Å². The lowest BCUT2D eigenvalue weighted by Gasteiger charge is -2.15. The zero-order valence-corrected chi connectivity index (χ0v) is 11.3. The van der Waals surface area contributed by atoms with E-state index >= 15 is 0 Å². The van der Waals surface area contributed by atoms with E-state index in [1.54, 1.807) is 0 Å². The fourth-order valence-corrected chi connectivity index (χ4v) is 2.96. The summed E-state index contributed by atoms with van der Waals surface area (Å²) in [5, 5.41) is 0. The second-order valence-corrected chi connectivity index (χ2v) is 5.45. The predicted octanol–water partition coefficient (Wildman–Crippen LogP) is 2.82. The van der Waals surface area contributed by atoms with Crippen LogP contribution in [-0.4, -0.2) is 31.3 Å². The minimum Gasteiger partial charge on any atom is -0.454 e. The van der Waals surface area contributed by atoms with Crippen LogP contribution in [0.2, 0.25) is 0 Å². The third-order valence-electron chi connectivity index (χ3n) is 3.44. The number of likely N-dealkylation sites (tertiary alicyclic amines) is 1. The summed E-state index contributed by atoms with van der Waals surface area (Å²) in [6.07, 6.45) is 3.77. The van der Waals surface area contributed by atoms with Gasteiger partial charge < -0.3 is 14.4 Å². The molecule has 92 valence electrons. The molecule has 3 nitrogen and oxygen atoms in total. The number of hydrogen-bond donors (Lipinski definition) is 0. The smallest absolute Gasteiger partial charge is 0.231 e. The second-order valence-electron chi connectivity index (χ2n) is 4.60. The van der Waals surface area contributed by atoms with Crippen LogP contribution in [-0.2, 0) is 6.42 Å². The normalized spacial score (nSPS) is 18.9. The summed E-state index contributed by atoms with van der Waals surface area (Å²) >= 11 is 3.61. The lowest BCUT2D eigenvalue weighted by molar-refractivity contribution is 0.174. The molecule has 0 amide bonds. The SMILES string of the molecule is Brc1cc2c(cc1CCN1CCCC1)OCO2. The van der Waals surface area contributed by atoms with Gasteiger partial charge in [0.15, 0.2) is 11.5 Å². The summed E-state index contributed by atoms with van der Waals surface area (Å²) in [5.41, 5.74) is 1.31. The van der Waals surface area contributed by atoms with Gasteiger partial charge in [-0.25, -0.2) is 0 Å². The Morgan fingerprint density at radius 3 is 2.59 bits per heavy atom. The van der Waals surface area contributed by atoms with Crippen LogP contribution in [0.5, 0.6) is 11.5 Å². The van der Waals surface area contributed by atoms with Crippen LogP contribution in [0.25, 0.3) is 0 Å². The number of hydrogen-bond acceptors (Lipinski definition) is 3. The number of fused-ring (bicyclic) bond motifs is 1. The van der Waals surface area contributed by atoms with Crippen molar-refractivity contribution in [2.75, 3.05) is 26.4 Å². The minimum atomic E-state index is 0.345. The molecule has 0 spiro atoms. The lowest BCUT2D eigenvalue weighted by atomic mass is 10.1. The molecule has 0 N–H and O–H groups in total. The number of benzene rings is 1. The monoisotopic (exact) mass is 297 g/mol. The molecule has 1 fully saturated rings. The van der Waals surface area contributed by atoms with Crippen molar-refractivity contribution in [3.05, 3.63) is 22.2 Å². The van der Waals surface area contributed by atoms with Crippen LogP contribution < -0.4 is 9.47 Å². The molecule has 0 unspecified atom stereocenters. The van der Waals surface area contributed by atoms with E-state index in [9.17, 15) is 0 Å². The molecule has 0 atom stereocenters. The summed E-state index contributed by atoms with van der Waals surface area (Å²) in [4.78, 5) is 2.52. The van der Waals surface area contributed by atoms with Crippen molar-refractivity contribution in [1.29, 1.82) is 0 Å². The Balaban J connectivity index is 1.69. The molecule has 2 heterocycles. The molecule has 1 saturated heterocycles. The van der Waals surface area contributed by atoms with E-state index in [1.165, 1.54) is 31.5 Å². The van der Waals surface area contributed by atoms with Crippen LogP contribution in [0.1, 0.15) is 18.4 Å². The number of nitrogens with zero attached hydrogens (tertiary/aromatic N) is 1. The molecule has 0 aromatic heterocycles. The molecule has 17 heavy (non-hydrogen) atoms. The van der Waals surface area contributed by atoms with Crippen LogP contribution in [0, 0.1) is 0 Å². The van der Waals surface area contributed by atoms with E-state index in [0.29, 0.717) is 6.79 Å². The zero-order chi connectivity index (χ0) is 11.7. The zero-order valence-electron chi connectivity index (χ0n) is 9.75. The minimum absolute atomic E-state index is 0.345. The molecular weight excluding hydrogens is 282 g/mol. The van der Waals surface area contributed by atoms with Gasteiger partial charge in [-0.1, -0.05) is 15.9 Å². The largest absolute Gasteiger partial charge is 0.454 e. The van der Waals surface area contributed by atoms with E-state index in [1.807, 2.05) is 6.07 Å². The Kier molecular flexibility index (Phi) is 3.25. The van der Waals surface area contributed by atoms with Crippen molar-refractivity contribution < 1.29 is 9.47 Å². The summed E-state index contributed by atoms with van der Waals surface area (Å²) in [7, 11) is 0. The van der Waals surface area contributed by atoms with Gasteiger partial charge in [-0.3, -0.25) is 0 Å². The van der Waals surface area contributed by atoms with Crippen molar-refractivity contribution >= 4 is 15.9 Å². The summed E-state index contributed by atoms with van der Waals surface area (Å²) in [5.74, 6) is 1.73. The second kappa shape index (κ2) is 4.86. The first-order valence-corrected chi connectivity index (χ1v) is 6.92. The Hall–Kier alpha value is -0.740. The Bertz CT molecular complexity index is 416. The molecule has 0 radical (unpaired) electrons. The van der Waals surface area contributed by atoms with Gasteiger partial charge in [0.05, 0.1) is 0 Å². The van der Waals surface area contributed by atoms with Crippen LogP contribution in [0.3, 0.4) is 0 Å². The fraction of sp³-hybridized carbons (Fsp3) is 0.538. The van der Waals surface area contributed by atoms with E-state index < -0.39 is 0 Å². The Morgan fingerprint density at radius 2 is 1.82 bits per heavy atom. The average molecular weight is 298 g/mol. The molecule has 1 aromatic rings. The number of halogens is 1.